The number of aliphatic carboxylic acids is 1. The van der Waals surface area contributed by atoms with Gasteiger partial charge >= 0.3 is 5.97 Å². The number of hydrogen-bond acceptors (Lipinski definition) is 2. The highest BCUT2D eigenvalue weighted by molar-refractivity contribution is 9.10. The maximum Gasteiger partial charge on any atom is 0.330 e. The molecular formula is C10H10BrNO3. The van der Waals surface area contributed by atoms with Crippen LogP contribution in [-0.4, -0.2) is 17.0 Å². The van der Waals surface area contributed by atoms with Crippen molar-refractivity contribution in [1.82, 2.24) is 5.32 Å². The Morgan fingerprint density at radius 2 is 1.87 bits per heavy atom. The van der Waals surface area contributed by atoms with Crippen molar-refractivity contribution in [2.45, 2.75) is 13.0 Å². The van der Waals surface area contributed by atoms with Crippen LogP contribution in [0.25, 0.3) is 0 Å². The zero-order valence-corrected chi connectivity index (χ0v) is 9.61. The molecule has 0 aliphatic carbocycles. The Morgan fingerprint density at radius 1 is 1.33 bits per heavy atom. The first-order valence-electron chi connectivity index (χ1n) is 4.26. The van der Waals surface area contributed by atoms with Gasteiger partial charge in [-0.15, -0.1) is 0 Å². The van der Waals surface area contributed by atoms with E-state index in [0.29, 0.717) is 5.56 Å². The largest absolute Gasteiger partial charge is 0.479 e. The molecule has 1 amide bonds. The Kier molecular flexibility index (Phi) is 3.85. The number of halogens is 1. The van der Waals surface area contributed by atoms with Gasteiger partial charge in [-0.05, 0) is 17.7 Å². The topological polar surface area (TPSA) is 66.4 Å². The third-order valence-electron chi connectivity index (χ3n) is 1.80. The van der Waals surface area contributed by atoms with Gasteiger partial charge in [0.05, 0.1) is 0 Å². The second-order valence-corrected chi connectivity index (χ2v) is 3.94. The molecule has 4 nitrogen and oxygen atoms in total. The Bertz CT molecular complexity index is 375. The average Bonchev–Trinajstić information content (AvgIpc) is 2.15. The minimum Gasteiger partial charge on any atom is -0.479 e. The fraction of sp³-hybridized carbons (Fsp3) is 0.200. The van der Waals surface area contributed by atoms with E-state index in [1.165, 1.54) is 6.92 Å². The van der Waals surface area contributed by atoms with Gasteiger partial charge in [0.2, 0.25) is 5.91 Å². The van der Waals surface area contributed by atoms with Crippen molar-refractivity contribution in [2.24, 2.45) is 0 Å². The lowest BCUT2D eigenvalue weighted by Crippen LogP contribution is -2.31. The molecule has 1 atom stereocenters. The zero-order valence-electron chi connectivity index (χ0n) is 8.03. The van der Waals surface area contributed by atoms with Gasteiger partial charge in [-0.1, -0.05) is 28.1 Å². The molecule has 2 N–H and O–H groups in total. The zero-order chi connectivity index (χ0) is 11.4. The van der Waals surface area contributed by atoms with Crippen LogP contribution in [0.5, 0.6) is 0 Å². The van der Waals surface area contributed by atoms with Crippen LogP contribution < -0.4 is 5.32 Å². The molecule has 0 aliphatic rings. The van der Waals surface area contributed by atoms with Gasteiger partial charge in [-0.3, -0.25) is 4.79 Å². The number of rotatable bonds is 3. The number of benzene rings is 1. The maximum absolute atomic E-state index is 10.9. The highest BCUT2D eigenvalue weighted by Gasteiger charge is 2.20. The van der Waals surface area contributed by atoms with Crippen LogP contribution in [0.2, 0.25) is 0 Å². The molecule has 0 radical (unpaired) electrons. The molecule has 1 rings (SSSR count). The standard InChI is InChI=1S/C10H10BrNO3/c1-6(13)12-9(10(14)15)7-2-4-8(11)5-3-7/h2-5,9H,1H3,(H,12,13)(H,14,15)/t9-/m0/s1. The van der Waals surface area contributed by atoms with Gasteiger partial charge in [0, 0.05) is 11.4 Å². The molecule has 1 aromatic rings. The Balaban J connectivity index is 2.94. The summed E-state index contributed by atoms with van der Waals surface area (Å²) in [5.74, 6) is -1.45. The number of amides is 1. The monoisotopic (exact) mass is 271 g/mol. The molecule has 0 saturated carbocycles. The van der Waals surface area contributed by atoms with E-state index in [1.807, 2.05) is 0 Å². The van der Waals surface area contributed by atoms with Crippen LogP contribution in [0.15, 0.2) is 28.7 Å². The van der Waals surface area contributed by atoms with Gasteiger partial charge in [0.15, 0.2) is 6.04 Å². The van der Waals surface area contributed by atoms with E-state index in [4.69, 9.17) is 5.11 Å². The number of carboxylic acids is 1. The van der Waals surface area contributed by atoms with Crippen LogP contribution >= 0.6 is 15.9 Å². The van der Waals surface area contributed by atoms with E-state index < -0.39 is 12.0 Å². The summed E-state index contributed by atoms with van der Waals surface area (Å²) < 4.78 is 0.859. The molecule has 0 fully saturated rings. The molecule has 80 valence electrons. The first-order chi connectivity index (χ1) is 7.00. The lowest BCUT2D eigenvalue weighted by atomic mass is 10.1. The van der Waals surface area contributed by atoms with Crippen LogP contribution in [-0.2, 0) is 9.59 Å². The quantitative estimate of drug-likeness (QED) is 0.880. The van der Waals surface area contributed by atoms with Gasteiger partial charge in [0.25, 0.3) is 0 Å². The van der Waals surface area contributed by atoms with Gasteiger partial charge in [0.1, 0.15) is 0 Å². The van der Waals surface area contributed by atoms with Crippen molar-refractivity contribution in [2.75, 3.05) is 0 Å². The van der Waals surface area contributed by atoms with Crippen molar-refractivity contribution in [1.29, 1.82) is 0 Å². The number of carbonyl (C=O) groups is 2. The fourth-order valence-corrected chi connectivity index (χ4v) is 1.41. The maximum atomic E-state index is 10.9. The molecule has 1 aromatic carbocycles. The van der Waals surface area contributed by atoms with Crippen molar-refractivity contribution in [3.8, 4) is 0 Å². The summed E-state index contributed by atoms with van der Waals surface area (Å²) in [5.41, 5.74) is 0.543. The predicted octanol–water partition coefficient (Wildman–Crippen LogP) is 1.71. The van der Waals surface area contributed by atoms with E-state index in [0.717, 1.165) is 4.47 Å². The Labute approximate surface area is 95.4 Å². The van der Waals surface area contributed by atoms with E-state index in [-0.39, 0.29) is 5.91 Å². The molecule has 0 aromatic heterocycles. The summed E-state index contributed by atoms with van der Waals surface area (Å²) >= 11 is 3.25. The van der Waals surface area contributed by atoms with E-state index in [1.54, 1.807) is 24.3 Å². The molecular weight excluding hydrogens is 262 g/mol. The molecule has 0 saturated heterocycles. The first-order valence-corrected chi connectivity index (χ1v) is 5.05. The second kappa shape index (κ2) is 4.93. The van der Waals surface area contributed by atoms with Crippen molar-refractivity contribution < 1.29 is 14.7 Å². The minimum atomic E-state index is -1.08. The summed E-state index contributed by atoms with van der Waals surface area (Å²) in [7, 11) is 0. The van der Waals surface area contributed by atoms with Crippen LogP contribution in [0.1, 0.15) is 18.5 Å². The van der Waals surface area contributed by atoms with E-state index in [9.17, 15) is 9.59 Å². The number of hydrogen-bond donors (Lipinski definition) is 2. The SMILES string of the molecule is CC(=O)N[C@H](C(=O)O)c1ccc(Br)cc1. The van der Waals surface area contributed by atoms with E-state index >= 15 is 0 Å². The molecule has 0 aliphatic heterocycles. The Hall–Kier alpha value is -1.36. The van der Waals surface area contributed by atoms with Crippen molar-refractivity contribution >= 4 is 27.8 Å². The predicted molar refractivity (Wildman–Crippen MR) is 58.3 cm³/mol. The number of carbonyl (C=O) groups excluding carboxylic acids is 1. The number of carboxylic acid groups (broad SMARTS) is 1. The van der Waals surface area contributed by atoms with Crippen molar-refractivity contribution in [3.63, 3.8) is 0 Å². The number of nitrogens with one attached hydrogen (secondary N) is 1. The third-order valence-corrected chi connectivity index (χ3v) is 2.33. The summed E-state index contributed by atoms with van der Waals surface area (Å²) in [6.07, 6.45) is 0. The summed E-state index contributed by atoms with van der Waals surface area (Å²) in [5, 5.41) is 11.3. The third kappa shape index (κ3) is 3.36. The van der Waals surface area contributed by atoms with Gasteiger partial charge < -0.3 is 10.4 Å². The molecule has 0 heterocycles. The lowest BCUT2D eigenvalue weighted by Gasteiger charge is -2.13. The summed E-state index contributed by atoms with van der Waals surface area (Å²) in [6, 6.07) is 5.77. The van der Waals surface area contributed by atoms with Gasteiger partial charge in [-0.25, -0.2) is 4.79 Å². The van der Waals surface area contributed by atoms with Crippen LogP contribution in [0.4, 0.5) is 0 Å². The van der Waals surface area contributed by atoms with Crippen LogP contribution in [0.3, 0.4) is 0 Å². The second-order valence-electron chi connectivity index (χ2n) is 3.02. The Morgan fingerprint density at radius 3 is 2.27 bits per heavy atom. The first kappa shape index (κ1) is 11.7. The molecule has 0 bridgehead atoms. The minimum absolute atomic E-state index is 0.370. The van der Waals surface area contributed by atoms with Crippen LogP contribution in [0, 0.1) is 0 Å². The smallest absolute Gasteiger partial charge is 0.330 e. The highest BCUT2D eigenvalue weighted by Crippen LogP contribution is 2.17. The fourth-order valence-electron chi connectivity index (χ4n) is 1.15. The summed E-state index contributed by atoms with van der Waals surface area (Å²) in [4.78, 5) is 21.7. The summed E-state index contributed by atoms with van der Waals surface area (Å²) in [6.45, 7) is 1.29. The lowest BCUT2D eigenvalue weighted by molar-refractivity contribution is -0.141. The molecule has 5 heteroatoms. The average molecular weight is 272 g/mol. The van der Waals surface area contributed by atoms with E-state index in [2.05, 4.69) is 21.2 Å². The molecule has 0 spiro atoms. The highest BCUT2D eigenvalue weighted by atomic mass is 79.9. The van der Waals surface area contributed by atoms with Gasteiger partial charge in [-0.2, -0.15) is 0 Å². The normalized spacial score (nSPS) is 11.9. The molecule has 0 unspecified atom stereocenters. The van der Waals surface area contributed by atoms with Crippen molar-refractivity contribution in [3.05, 3.63) is 34.3 Å². The molecule has 15 heavy (non-hydrogen) atoms.